The van der Waals surface area contributed by atoms with Gasteiger partial charge < -0.3 is 18.6 Å². The fourth-order valence-electron chi connectivity index (χ4n) is 10.9. The van der Waals surface area contributed by atoms with Gasteiger partial charge in [0.1, 0.15) is 11.3 Å². The predicted molar refractivity (Wildman–Crippen MR) is 279 cm³/mol. The SMILES string of the molecule is C=C/C=C\c1oc2c(N(c3ccccc3C)c3cc4c(c5ccccc35)-c3ccc5cc(N(c6ccccc6C)c6cccc7c6oc6ccccc67)ccc5c3C4(C)C)cccc2c1C. The highest BCUT2D eigenvalue weighted by Gasteiger charge is 2.40. The molecule has 2 aromatic heterocycles. The molecule has 0 radical (unpaired) electrons. The molecule has 1 aliphatic carbocycles. The Morgan fingerprint density at radius 3 is 1.85 bits per heavy atom. The first-order chi connectivity index (χ1) is 32.2. The van der Waals surface area contributed by atoms with Crippen molar-refractivity contribution in [1.29, 1.82) is 0 Å². The van der Waals surface area contributed by atoms with E-state index < -0.39 is 0 Å². The van der Waals surface area contributed by atoms with Crippen molar-refractivity contribution in [2.75, 3.05) is 9.80 Å². The molecule has 318 valence electrons. The van der Waals surface area contributed by atoms with E-state index in [4.69, 9.17) is 8.83 Å². The molecular weight excluding hydrogens is 805 g/mol. The number of nitrogens with zero attached hydrogens (tertiary/aromatic N) is 2. The van der Waals surface area contributed by atoms with Gasteiger partial charge in [-0.25, -0.2) is 0 Å². The molecule has 0 saturated heterocycles. The number of furan rings is 2. The summed E-state index contributed by atoms with van der Waals surface area (Å²) in [6.07, 6.45) is 5.73. The summed E-state index contributed by atoms with van der Waals surface area (Å²) in [5, 5.41) is 8.17. The van der Waals surface area contributed by atoms with Crippen molar-refractivity contribution in [2.24, 2.45) is 0 Å². The van der Waals surface area contributed by atoms with E-state index in [-0.39, 0.29) is 5.41 Å². The molecule has 0 atom stereocenters. The third-order valence-electron chi connectivity index (χ3n) is 14.0. The minimum atomic E-state index is -0.340. The Morgan fingerprint density at radius 2 is 1.11 bits per heavy atom. The summed E-state index contributed by atoms with van der Waals surface area (Å²) in [7, 11) is 0. The Morgan fingerprint density at radius 1 is 0.500 bits per heavy atom. The molecule has 0 fully saturated rings. The normalized spacial score (nSPS) is 13.0. The van der Waals surface area contributed by atoms with E-state index in [2.05, 4.69) is 215 Å². The molecule has 11 aromatic rings. The van der Waals surface area contributed by atoms with Crippen LogP contribution >= 0.6 is 0 Å². The summed E-state index contributed by atoms with van der Waals surface area (Å²) >= 11 is 0. The van der Waals surface area contributed by atoms with E-state index >= 15 is 0 Å². The number of hydrogen-bond donors (Lipinski definition) is 0. The van der Waals surface area contributed by atoms with E-state index in [1.807, 2.05) is 18.2 Å². The molecular formula is C62H48N2O2. The molecule has 0 aliphatic heterocycles. The number of hydrogen-bond acceptors (Lipinski definition) is 4. The summed E-state index contributed by atoms with van der Waals surface area (Å²) in [6, 6.07) is 61.7. The van der Waals surface area contributed by atoms with Crippen LogP contribution in [-0.2, 0) is 5.41 Å². The Labute approximate surface area is 384 Å². The first-order valence-corrected chi connectivity index (χ1v) is 22.8. The lowest BCUT2D eigenvalue weighted by Gasteiger charge is -2.31. The highest BCUT2D eigenvalue weighted by molar-refractivity contribution is 6.14. The molecule has 9 aromatic carbocycles. The summed E-state index contributed by atoms with van der Waals surface area (Å²) in [5.74, 6) is 0.834. The summed E-state index contributed by atoms with van der Waals surface area (Å²) in [6.45, 7) is 15.2. The number of rotatable bonds is 8. The Kier molecular flexibility index (Phi) is 8.98. The second kappa shape index (κ2) is 15.0. The van der Waals surface area contributed by atoms with Gasteiger partial charge in [0.2, 0.25) is 0 Å². The fourth-order valence-corrected chi connectivity index (χ4v) is 10.9. The lowest BCUT2D eigenvalue weighted by molar-refractivity contribution is 0.601. The van der Waals surface area contributed by atoms with Gasteiger partial charge in [0.05, 0.1) is 17.1 Å². The number of anilines is 6. The van der Waals surface area contributed by atoms with Crippen molar-refractivity contribution < 1.29 is 8.83 Å². The van der Waals surface area contributed by atoms with Gasteiger partial charge in [-0.05, 0) is 125 Å². The molecule has 1 aliphatic rings. The number of aryl methyl sites for hydroxylation is 3. The molecule has 4 heteroatoms. The average molecular weight is 853 g/mol. The fraction of sp³-hybridized carbons (Fsp3) is 0.0968. The minimum absolute atomic E-state index is 0.340. The van der Waals surface area contributed by atoms with Gasteiger partial charge in [-0.3, -0.25) is 0 Å². The molecule has 2 heterocycles. The average Bonchev–Trinajstić information content (AvgIpc) is 3.96. The van der Waals surface area contributed by atoms with Gasteiger partial charge in [-0.15, -0.1) is 0 Å². The molecule has 0 N–H and O–H groups in total. The van der Waals surface area contributed by atoms with E-state index in [0.29, 0.717) is 0 Å². The topological polar surface area (TPSA) is 32.8 Å². The zero-order valence-corrected chi connectivity index (χ0v) is 37.8. The van der Waals surface area contributed by atoms with Crippen LogP contribution in [0.25, 0.3) is 71.7 Å². The maximum Gasteiger partial charge on any atom is 0.159 e. The highest BCUT2D eigenvalue weighted by atomic mass is 16.3. The van der Waals surface area contributed by atoms with E-state index in [0.717, 1.165) is 78.4 Å². The Bertz CT molecular complexity index is 3820. The van der Waals surface area contributed by atoms with Crippen LogP contribution in [0.4, 0.5) is 34.1 Å². The quantitative estimate of drug-likeness (QED) is 0.143. The Hall–Kier alpha value is -8.08. The zero-order valence-electron chi connectivity index (χ0n) is 37.8. The van der Waals surface area contributed by atoms with Crippen LogP contribution < -0.4 is 9.80 Å². The van der Waals surface area contributed by atoms with Crippen molar-refractivity contribution in [2.45, 2.75) is 40.0 Å². The molecule has 4 nitrogen and oxygen atoms in total. The standard InChI is InChI=1S/C62H48N2O2/c1-7-8-30-56-40(4)43-24-17-29-54(60(43)65-56)64(52-27-15-10-20-39(52)3)55-37-50-58(47-23-12-11-21-45(47)55)49-34-32-41-36-42(33-35-44(41)59(49)62(50,5)6)63(51-26-14-9-19-38(51)2)53-28-18-25-48-46-22-13-16-31-57(46)66-61(48)53/h7-37H,1H2,2-6H3/b30-8-. The smallest absolute Gasteiger partial charge is 0.159 e. The largest absolute Gasteiger partial charge is 0.454 e. The van der Waals surface area contributed by atoms with Crippen LogP contribution in [0.5, 0.6) is 0 Å². The molecule has 0 amide bonds. The van der Waals surface area contributed by atoms with E-state index in [1.165, 1.54) is 54.9 Å². The Balaban J connectivity index is 1.06. The van der Waals surface area contributed by atoms with Crippen molar-refractivity contribution in [3.8, 4) is 11.1 Å². The summed E-state index contributed by atoms with van der Waals surface area (Å²) < 4.78 is 13.4. The van der Waals surface area contributed by atoms with Crippen molar-refractivity contribution in [3.05, 3.63) is 222 Å². The first-order valence-electron chi connectivity index (χ1n) is 22.8. The maximum absolute atomic E-state index is 6.78. The minimum Gasteiger partial charge on any atom is -0.454 e. The first kappa shape index (κ1) is 39.5. The van der Waals surface area contributed by atoms with Crippen LogP contribution in [-0.4, -0.2) is 0 Å². The van der Waals surface area contributed by atoms with Crippen LogP contribution in [0.2, 0.25) is 0 Å². The monoisotopic (exact) mass is 852 g/mol. The number of allylic oxidation sites excluding steroid dienone is 2. The molecule has 66 heavy (non-hydrogen) atoms. The van der Waals surface area contributed by atoms with Gasteiger partial charge in [-0.1, -0.05) is 154 Å². The van der Waals surface area contributed by atoms with E-state index in [9.17, 15) is 0 Å². The lowest BCUT2D eigenvalue weighted by atomic mass is 9.79. The number of fused-ring (bicyclic) bond motifs is 11. The van der Waals surface area contributed by atoms with Gasteiger partial charge in [0, 0.05) is 49.6 Å². The second-order valence-corrected chi connectivity index (χ2v) is 18.2. The van der Waals surface area contributed by atoms with Crippen molar-refractivity contribution in [1.82, 2.24) is 0 Å². The lowest BCUT2D eigenvalue weighted by Crippen LogP contribution is -2.18. The third-order valence-corrected chi connectivity index (χ3v) is 14.0. The zero-order chi connectivity index (χ0) is 44.8. The molecule has 12 rings (SSSR count). The molecule has 0 bridgehead atoms. The molecule has 0 unspecified atom stereocenters. The van der Waals surface area contributed by atoms with Gasteiger partial charge in [0.15, 0.2) is 11.2 Å². The highest BCUT2D eigenvalue weighted by Crippen LogP contribution is 2.57. The third kappa shape index (κ3) is 5.84. The van der Waals surface area contributed by atoms with Gasteiger partial charge in [0.25, 0.3) is 0 Å². The van der Waals surface area contributed by atoms with Crippen LogP contribution in [0, 0.1) is 20.8 Å². The van der Waals surface area contributed by atoms with Gasteiger partial charge in [-0.2, -0.15) is 0 Å². The van der Waals surface area contributed by atoms with Gasteiger partial charge >= 0.3 is 0 Å². The van der Waals surface area contributed by atoms with Crippen molar-refractivity contribution >= 4 is 94.7 Å². The predicted octanol–water partition coefficient (Wildman–Crippen LogP) is 18.0. The van der Waals surface area contributed by atoms with Crippen LogP contribution in [0.3, 0.4) is 0 Å². The van der Waals surface area contributed by atoms with E-state index in [1.54, 1.807) is 6.08 Å². The number of benzene rings is 9. The summed E-state index contributed by atoms with van der Waals surface area (Å²) in [4.78, 5) is 4.79. The maximum atomic E-state index is 6.78. The van der Waals surface area contributed by atoms with Crippen molar-refractivity contribution in [3.63, 3.8) is 0 Å². The number of para-hydroxylation sites is 5. The second-order valence-electron chi connectivity index (χ2n) is 18.2. The van der Waals surface area contributed by atoms with Crippen LogP contribution in [0.1, 0.15) is 47.4 Å². The van der Waals surface area contributed by atoms with Crippen LogP contribution in [0.15, 0.2) is 197 Å². The molecule has 0 saturated carbocycles. The molecule has 0 spiro atoms. The summed E-state index contributed by atoms with van der Waals surface area (Å²) in [5.41, 5.74) is 17.4.